The molecule has 0 spiro atoms. The molecule has 0 N–H and O–H groups in total. The van der Waals surface area contributed by atoms with E-state index in [0.717, 1.165) is 18.8 Å². The van der Waals surface area contributed by atoms with Crippen LogP contribution in [0.1, 0.15) is 20.3 Å². The molecule has 0 aromatic carbocycles. The first-order chi connectivity index (χ1) is 5.97. The molecule has 0 aromatic rings. The van der Waals surface area contributed by atoms with Crippen LogP contribution >= 0.6 is 0 Å². The largest absolute Gasteiger partial charge is 0.493 e. The molecule has 1 aliphatic carbocycles. The molecule has 1 heterocycles. The van der Waals surface area contributed by atoms with E-state index in [0.29, 0.717) is 0 Å². The quantitative estimate of drug-likeness (QED) is 0.497. The molecule has 1 heteroatoms. The summed E-state index contributed by atoms with van der Waals surface area (Å²) in [6, 6.07) is 0. The molecule has 0 bridgehead atoms. The van der Waals surface area contributed by atoms with E-state index in [2.05, 4.69) is 11.8 Å². The van der Waals surface area contributed by atoms with Crippen molar-refractivity contribution in [1.82, 2.24) is 0 Å². The third-order valence-electron chi connectivity index (χ3n) is 1.66. The average molecular weight is 162 g/mol. The van der Waals surface area contributed by atoms with Gasteiger partial charge in [0.15, 0.2) is 0 Å². The molecule has 0 aromatic heterocycles. The van der Waals surface area contributed by atoms with E-state index in [4.69, 9.17) is 4.74 Å². The molecule has 1 aliphatic heterocycles. The smallest absolute Gasteiger partial charge is 0.123 e. The third kappa shape index (κ3) is 1.90. The zero-order valence-corrected chi connectivity index (χ0v) is 7.63. The van der Waals surface area contributed by atoms with Gasteiger partial charge in [-0.05, 0) is 29.9 Å². The van der Waals surface area contributed by atoms with E-state index in [1.165, 1.54) is 5.57 Å². The van der Waals surface area contributed by atoms with E-state index < -0.39 is 0 Å². The maximum Gasteiger partial charge on any atom is 0.123 e. The first-order valence-corrected chi connectivity index (χ1v) is 4.42. The predicted molar refractivity (Wildman–Crippen MR) is 50.7 cm³/mol. The first kappa shape index (κ1) is 8.89. The van der Waals surface area contributed by atoms with Gasteiger partial charge in [-0.1, -0.05) is 13.8 Å². The lowest BCUT2D eigenvalue weighted by Gasteiger charge is -1.94. The summed E-state index contributed by atoms with van der Waals surface area (Å²) in [5.41, 5.74) is 4.29. The number of rotatable bonds is 0. The van der Waals surface area contributed by atoms with Crippen molar-refractivity contribution in [3.05, 3.63) is 41.4 Å². The molecular weight excluding hydrogens is 148 g/mol. The minimum atomic E-state index is 0.833. The number of hydrogen-bond donors (Lipinski definition) is 0. The lowest BCUT2D eigenvalue weighted by molar-refractivity contribution is 0.266. The summed E-state index contributed by atoms with van der Waals surface area (Å²) < 4.78 is 5.34. The summed E-state index contributed by atoms with van der Waals surface area (Å²) in [5, 5.41) is 0. The molecule has 0 unspecified atom stereocenters. The van der Waals surface area contributed by atoms with Crippen molar-refractivity contribution >= 4 is 0 Å². The monoisotopic (exact) mass is 162 g/mol. The second kappa shape index (κ2) is 4.63. The molecule has 64 valence electrons. The Hall–Kier alpha value is -1.20. The van der Waals surface area contributed by atoms with Gasteiger partial charge in [0.25, 0.3) is 0 Å². The van der Waals surface area contributed by atoms with Crippen LogP contribution in [-0.2, 0) is 4.74 Å². The van der Waals surface area contributed by atoms with Gasteiger partial charge in [0.1, 0.15) is 5.76 Å². The first-order valence-electron chi connectivity index (χ1n) is 4.42. The van der Waals surface area contributed by atoms with Crippen molar-refractivity contribution in [2.75, 3.05) is 6.61 Å². The molecule has 1 nitrogen and oxygen atoms in total. The lowest BCUT2D eigenvalue weighted by atomic mass is 10.2. The summed E-state index contributed by atoms with van der Waals surface area (Å²) in [6.07, 6.45) is 8.86. The fraction of sp³-hybridized carbons (Fsp3) is 0.364. The zero-order chi connectivity index (χ0) is 8.81. The van der Waals surface area contributed by atoms with E-state index in [1.807, 2.05) is 32.1 Å². The van der Waals surface area contributed by atoms with E-state index in [1.54, 1.807) is 0 Å². The molecule has 12 heavy (non-hydrogen) atoms. The minimum Gasteiger partial charge on any atom is -0.493 e. The van der Waals surface area contributed by atoms with Crippen LogP contribution in [0.25, 0.3) is 0 Å². The van der Waals surface area contributed by atoms with Crippen molar-refractivity contribution < 1.29 is 4.74 Å². The summed E-state index contributed by atoms with van der Waals surface area (Å²) in [7, 11) is 0. The van der Waals surface area contributed by atoms with Crippen molar-refractivity contribution in [2.24, 2.45) is 0 Å². The Morgan fingerprint density at radius 2 is 2.00 bits per heavy atom. The van der Waals surface area contributed by atoms with Gasteiger partial charge in [0.05, 0.1) is 6.61 Å². The highest BCUT2D eigenvalue weighted by Crippen LogP contribution is 2.24. The second-order valence-electron chi connectivity index (χ2n) is 2.32. The van der Waals surface area contributed by atoms with Gasteiger partial charge in [-0.3, -0.25) is 0 Å². The highest BCUT2D eigenvalue weighted by molar-refractivity contribution is 5.36. The van der Waals surface area contributed by atoms with Crippen LogP contribution in [0.2, 0.25) is 0 Å². The van der Waals surface area contributed by atoms with Gasteiger partial charge in [-0.2, -0.15) is 0 Å². The third-order valence-corrected chi connectivity index (χ3v) is 1.66. The number of hydrogen-bond acceptors (Lipinski definition) is 1. The maximum atomic E-state index is 5.34. The van der Waals surface area contributed by atoms with Crippen LogP contribution < -0.4 is 0 Å². The highest BCUT2D eigenvalue weighted by atomic mass is 16.5. The van der Waals surface area contributed by atoms with Crippen LogP contribution in [0.4, 0.5) is 0 Å². The Labute approximate surface area is 73.7 Å². The van der Waals surface area contributed by atoms with Crippen LogP contribution in [0, 0.1) is 0 Å². The standard InChI is InChI=1S/C9H8O.C2H6/c1-2-4-8-6-7-10-9(8)5-3-1;1-2/h2-5H,6-7H2;1-2H3. The Balaban J connectivity index is 0.000000336. The molecule has 1 saturated heterocycles. The molecular formula is C11H14O. The van der Waals surface area contributed by atoms with Crippen LogP contribution in [0.5, 0.6) is 0 Å². The zero-order valence-electron chi connectivity index (χ0n) is 7.63. The SMILES string of the molecule is C1=CC=C2CCOC2=CC=1.CC. The number of fused-ring (bicyclic) bond motifs is 1. The maximum absolute atomic E-state index is 5.34. The summed E-state index contributed by atoms with van der Waals surface area (Å²) >= 11 is 0. The fourth-order valence-electron chi connectivity index (χ4n) is 1.14. The Kier molecular flexibility index (Phi) is 3.43. The van der Waals surface area contributed by atoms with Crippen LogP contribution in [0.3, 0.4) is 0 Å². The molecule has 0 amide bonds. The van der Waals surface area contributed by atoms with Gasteiger partial charge < -0.3 is 4.74 Å². The fourth-order valence-corrected chi connectivity index (χ4v) is 1.14. The van der Waals surface area contributed by atoms with Gasteiger partial charge >= 0.3 is 0 Å². The Morgan fingerprint density at radius 3 is 2.83 bits per heavy atom. The molecule has 0 radical (unpaired) electrons. The van der Waals surface area contributed by atoms with Crippen molar-refractivity contribution in [1.29, 1.82) is 0 Å². The van der Waals surface area contributed by atoms with Gasteiger partial charge in [0, 0.05) is 6.42 Å². The highest BCUT2D eigenvalue weighted by Gasteiger charge is 2.13. The molecule has 0 atom stereocenters. The molecule has 2 aliphatic rings. The van der Waals surface area contributed by atoms with E-state index in [-0.39, 0.29) is 0 Å². The van der Waals surface area contributed by atoms with Crippen LogP contribution in [-0.4, -0.2) is 6.61 Å². The summed E-state index contributed by atoms with van der Waals surface area (Å²) in [4.78, 5) is 0. The van der Waals surface area contributed by atoms with Crippen LogP contribution in [0.15, 0.2) is 41.4 Å². The normalized spacial score (nSPS) is 17.8. The van der Waals surface area contributed by atoms with E-state index >= 15 is 0 Å². The minimum absolute atomic E-state index is 0.833. The molecule has 2 rings (SSSR count). The Bertz CT molecular complexity index is 239. The number of allylic oxidation sites excluding steroid dienone is 4. The predicted octanol–water partition coefficient (Wildman–Crippen LogP) is 2.97. The lowest BCUT2D eigenvalue weighted by Crippen LogP contribution is -1.77. The number of ether oxygens (including phenoxy) is 1. The average Bonchev–Trinajstić information content (AvgIpc) is 2.46. The van der Waals surface area contributed by atoms with Gasteiger partial charge in [-0.15, -0.1) is 5.73 Å². The van der Waals surface area contributed by atoms with Gasteiger partial charge in [0.2, 0.25) is 0 Å². The van der Waals surface area contributed by atoms with Gasteiger partial charge in [-0.25, -0.2) is 0 Å². The molecule has 1 fully saturated rings. The topological polar surface area (TPSA) is 9.23 Å². The Morgan fingerprint density at radius 1 is 1.25 bits per heavy atom. The molecule has 0 saturated carbocycles. The summed E-state index contributed by atoms with van der Waals surface area (Å²) in [5.74, 6) is 1.02. The van der Waals surface area contributed by atoms with Crippen molar-refractivity contribution in [2.45, 2.75) is 20.3 Å². The van der Waals surface area contributed by atoms with Crippen molar-refractivity contribution in [3.8, 4) is 0 Å². The van der Waals surface area contributed by atoms with E-state index in [9.17, 15) is 0 Å². The second-order valence-corrected chi connectivity index (χ2v) is 2.32. The summed E-state index contributed by atoms with van der Waals surface area (Å²) in [6.45, 7) is 4.83. The van der Waals surface area contributed by atoms with Crippen molar-refractivity contribution in [3.63, 3.8) is 0 Å².